The normalized spacial score (nSPS) is 18.2. The second-order valence-electron chi connectivity index (χ2n) is 8.10. The van der Waals surface area contributed by atoms with E-state index in [1.54, 1.807) is 12.1 Å². The van der Waals surface area contributed by atoms with Gasteiger partial charge in [0.05, 0.1) is 6.54 Å². The number of benzene rings is 2. The molecule has 2 aliphatic heterocycles. The van der Waals surface area contributed by atoms with Crippen molar-refractivity contribution in [2.75, 3.05) is 25.0 Å². The molecule has 2 aromatic rings. The fourth-order valence-corrected chi connectivity index (χ4v) is 3.98. The van der Waals surface area contributed by atoms with Gasteiger partial charge in [0.15, 0.2) is 0 Å². The first-order valence-electron chi connectivity index (χ1n) is 10.1. The highest BCUT2D eigenvalue weighted by Crippen LogP contribution is 2.29. The molecule has 2 heterocycles. The Kier molecular flexibility index (Phi) is 5.39. The second kappa shape index (κ2) is 7.99. The first kappa shape index (κ1) is 20.2. The molecule has 2 N–H and O–H groups in total. The van der Waals surface area contributed by atoms with E-state index in [1.807, 2.05) is 32.0 Å². The van der Waals surface area contributed by atoms with E-state index in [2.05, 4.69) is 20.5 Å². The Hall–Kier alpha value is -3.06. The maximum absolute atomic E-state index is 13.5. The van der Waals surface area contributed by atoms with Gasteiger partial charge in [0.25, 0.3) is 5.91 Å². The van der Waals surface area contributed by atoms with Crippen molar-refractivity contribution in [1.82, 2.24) is 10.2 Å². The number of rotatable bonds is 4. The summed E-state index contributed by atoms with van der Waals surface area (Å²) in [6.07, 6.45) is 1.21. The number of piperidine rings is 1. The minimum Gasteiger partial charge on any atom is -0.326 e. The summed E-state index contributed by atoms with van der Waals surface area (Å²) in [5.74, 6) is -0.727. The van der Waals surface area contributed by atoms with E-state index in [-0.39, 0.29) is 24.1 Å². The number of nitrogens with one attached hydrogen (secondary N) is 2. The summed E-state index contributed by atoms with van der Waals surface area (Å²) in [6, 6.07) is 11.9. The van der Waals surface area contributed by atoms with Gasteiger partial charge < -0.3 is 10.6 Å². The quantitative estimate of drug-likeness (QED) is 0.817. The summed E-state index contributed by atoms with van der Waals surface area (Å²) in [7, 11) is 0. The number of hydrogen-bond donors (Lipinski definition) is 2. The molecule has 6 nitrogen and oxygen atoms in total. The topological polar surface area (TPSA) is 73.8 Å². The number of carbonyl (C=O) groups is 2. The molecule has 0 aliphatic carbocycles. The first-order chi connectivity index (χ1) is 14.3. The van der Waals surface area contributed by atoms with Gasteiger partial charge in [-0.1, -0.05) is 24.3 Å². The Morgan fingerprint density at radius 2 is 1.97 bits per heavy atom. The Morgan fingerprint density at radius 1 is 1.20 bits per heavy atom. The summed E-state index contributed by atoms with van der Waals surface area (Å²) in [6.45, 7) is 5.53. The van der Waals surface area contributed by atoms with Crippen LogP contribution in [0.4, 0.5) is 10.1 Å². The van der Waals surface area contributed by atoms with Gasteiger partial charge in [-0.15, -0.1) is 0 Å². The van der Waals surface area contributed by atoms with E-state index in [4.69, 9.17) is 0 Å². The molecule has 2 aliphatic rings. The van der Waals surface area contributed by atoms with Crippen molar-refractivity contribution in [2.24, 2.45) is 4.99 Å². The molecule has 0 bridgehead atoms. The van der Waals surface area contributed by atoms with Crippen LogP contribution in [0.5, 0.6) is 0 Å². The van der Waals surface area contributed by atoms with E-state index >= 15 is 0 Å². The van der Waals surface area contributed by atoms with Gasteiger partial charge in [0.1, 0.15) is 17.2 Å². The highest BCUT2D eigenvalue weighted by atomic mass is 19.1. The molecule has 1 saturated heterocycles. The molecule has 7 heteroatoms. The van der Waals surface area contributed by atoms with E-state index in [9.17, 15) is 14.0 Å². The van der Waals surface area contributed by atoms with Crippen molar-refractivity contribution in [3.63, 3.8) is 0 Å². The summed E-state index contributed by atoms with van der Waals surface area (Å²) in [4.78, 5) is 31.6. The lowest BCUT2D eigenvalue weighted by Gasteiger charge is -2.36. The zero-order valence-electron chi connectivity index (χ0n) is 17.2. The van der Waals surface area contributed by atoms with Gasteiger partial charge in [0, 0.05) is 37.2 Å². The Balaban J connectivity index is 1.37. The monoisotopic (exact) mass is 408 g/mol. The Bertz CT molecular complexity index is 1030. The average Bonchev–Trinajstić information content (AvgIpc) is 3.03. The number of nitrogens with zero attached hydrogens (tertiary/aromatic N) is 2. The van der Waals surface area contributed by atoms with Gasteiger partial charge in [-0.2, -0.15) is 0 Å². The predicted molar refractivity (Wildman–Crippen MR) is 114 cm³/mol. The van der Waals surface area contributed by atoms with Crippen molar-refractivity contribution >= 4 is 23.2 Å². The molecule has 2 amide bonds. The zero-order chi connectivity index (χ0) is 21.3. The minimum atomic E-state index is -0.668. The summed E-state index contributed by atoms with van der Waals surface area (Å²) >= 11 is 0. The van der Waals surface area contributed by atoms with Crippen LogP contribution in [0.15, 0.2) is 47.5 Å². The van der Waals surface area contributed by atoms with Gasteiger partial charge >= 0.3 is 0 Å². The predicted octanol–water partition coefficient (Wildman–Crippen LogP) is 2.79. The van der Waals surface area contributed by atoms with Crippen molar-refractivity contribution in [2.45, 2.75) is 32.4 Å². The molecule has 0 radical (unpaired) electrons. The number of aliphatic imine (C=N–C) groups is 1. The standard InChI is InChI=1S/C23H25FN4O2/c1-15-6-7-16(2)19(12-15)25-20(29)14-28-10-8-23(9-11-28)26-21(22(30)27-23)17-4-3-5-18(24)13-17/h3-7,12-13H,8-11,14H2,1-2H3,(H,25,29)(H,27,30). The van der Waals surface area contributed by atoms with Crippen molar-refractivity contribution < 1.29 is 14.0 Å². The summed E-state index contributed by atoms with van der Waals surface area (Å²) in [5, 5.41) is 5.96. The molecule has 4 rings (SSSR count). The van der Waals surface area contributed by atoms with Crippen LogP contribution in [0.25, 0.3) is 0 Å². The van der Waals surface area contributed by atoms with Crippen LogP contribution < -0.4 is 10.6 Å². The molecular formula is C23H25FN4O2. The lowest BCUT2D eigenvalue weighted by atomic mass is 9.98. The highest BCUT2D eigenvalue weighted by molar-refractivity contribution is 6.46. The molecule has 30 heavy (non-hydrogen) atoms. The van der Waals surface area contributed by atoms with Gasteiger partial charge in [-0.05, 0) is 43.2 Å². The van der Waals surface area contributed by atoms with Crippen molar-refractivity contribution in [3.05, 3.63) is 65.0 Å². The Labute approximate surface area is 175 Å². The largest absolute Gasteiger partial charge is 0.326 e. The second-order valence-corrected chi connectivity index (χ2v) is 8.10. The van der Waals surface area contributed by atoms with Crippen LogP contribution in [0.2, 0.25) is 0 Å². The number of aryl methyl sites for hydroxylation is 2. The average molecular weight is 408 g/mol. The first-order valence-corrected chi connectivity index (χ1v) is 10.1. The maximum Gasteiger partial charge on any atom is 0.272 e. The van der Waals surface area contributed by atoms with Crippen LogP contribution in [0.1, 0.15) is 29.5 Å². The van der Waals surface area contributed by atoms with Crippen LogP contribution >= 0.6 is 0 Å². The highest BCUT2D eigenvalue weighted by Gasteiger charge is 2.42. The third-order valence-corrected chi connectivity index (χ3v) is 5.70. The Morgan fingerprint density at radius 3 is 2.70 bits per heavy atom. The molecule has 1 fully saturated rings. The fourth-order valence-electron chi connectivity index (χ4n) is 3.98. The smallest absolute Gasteiger partial charge is 0.272 e. The van der Waals surface area contributed by atoms with Crippen LogP contribution in [0.3, 0.4) is 0 Å². The van der Waals surface area contributed by atoms with Gasteiger partial charge in [-0.3, -0.25) is 19.5 Å². The fraction of sp³-hybridized carbons (Fsp3) is 0.348. The van der Waals surface area contributed by atoms with Crippen LogP contribution in [-0.4, -0.2) is 47.7 Å². The molecule has 0 atom stereocenters. The van der Waals surface area contributed by atoms with E-state index in [1.165, 1.54) is 12.1 Å². The molecule has 2 aromatic carbocycles. The lowest BCUT2D eigenvalue weighted by molar-refractivity contribution is -0.119. The number of likely N-dealkylation sites (tertiary alicyclic amines) is 1. The van der Waals surface area contributed by atoms with Crippen LogP contribution in [0, 0.1) is 19.7 Å². The number of carbonyl (C=O) groups excluding carboxylic acids is 2. The number of anilines is 1. The SMILES string of the molecule is Cc1ccc(C)c(NC(=O)CN2CCC3(CC2)N=C(c2cccc(F)c2)C(=O)N3)c1. The van der Waals surface area contributed by atoms with Gasteiger partial charge in [0.2, 0.25) is 5.91 Å². The number of hydrogen-bond acceptors (Lipinski definition) is 4. The number of amides is 2. The molecule has 1 spiro atoms. The number of halogens is 1. The van der Waals surface area contributed by atoms with Crippen molar-refractivity contribution in [1.29, 1.82) is 0 Å². The third kappa shape index (κ3) is 4.26. The van der Waals surface area contributed by atoms with E-state index in [0.717, 1.165) is 16.8 Å². The van der Waals surface area contributed by atoms with Crippen molar-refractivity contribution in [3.8, 4) is 0 Å². The molecular weight excluding hydrogens is 383 g/mol. The molecule has 0 unspecified atom stereocenters. The molecule has 156 valence electrons. The molecule has 0 saturated carbocycles. The third-order valence-electron chi connectivity index (χ3n) is 5.70. The maximum atomic E-state index is 13.5. The molecule has 0 aromatic heterocycles. The van der Waals surface area contributed by atoms with E-state index in [0.29, 0.717) is 31.5 Å². The van der Waals surface area contributed by atoms with Crippen LogP contribution in [-0.2, 0) is 9.59 Å². The minimum absolute atomic E-state index is 0.0564. The van der Waals surface area contributed by atoms with Gasteiger partial charge in [-0.25, -0.2) is 4.39 Å². The summed E-state index contributed by atoms with van der Waals surface area (Å²) < 4.78 is 13.5. The lowest BCUT2D eigenvalue weighted by Crippen LogP contribution is -2.52. The summed E-state index contributed by atoms with van der Waals surface area (Å²) in [5.41, 5.74) is 3.05. The van der Waals surface area contributed by atoms with E-state index < -0.39 is 11.5 Å². The zero-order valence-corrected chi connectivity index (χ0v) is 17.2.